The fraction of sp³-hybridized carbons (Fsp3) is 0.727. The molecule has 0 aliphatic carbocycles. The molecule has 7 heteroatoms. The molecule has 0 fully saturated rings. The third kappa shape index (κ3) is 5.46. The first kappa shape index (κ1) is 17.6. The van der Waals surface area contributed by atoms with Gasteiger partial charge < -0.3 is 24.4 Å². The Bertz CT molecular complexity index is 335. The van der Waals surface area contributed by atoms with E-state index in [1.165, 1.54) is 6.92 Å². The molecule has 0 spiro atoms. The van der Waals surface area contributed by atoms with Gasteiger partial charge in [-0.3, -0.25) is 4.57 Å². The van der Waals surface area contributed by atoms with Gasteiger partial charge in [0.1, 0.15) is 11.4 Å². The van der Waals surface area contributed by atoms with Gasteiger partial charge in [-0.05, 0) is 26.8 Å². The van der Waals surface area contributed by atoms with Crippen LogP contribution < -0.4 is 0 Å². The molecular formula is C11H21O6P. The smallest absolute Gasteiger partial charge is 0.367 e. The van der Waals surface area contributed by atoms with E-state index in [2.05, 4.69) is 5.73 Å². The van der Waals surface area contributed by atoms with Gasteiger partial charge in [0.15, 0.2) is 0 Å². The number of hydrogen-bond acceptors (Lipinski definition) is 6. The molecule has 0 aromatic carbocycles. The molecule has 0 bridgehead atoms. The largest absolute Gasteiger partial charge is 0.393 e. The van der Waals surface area contributed by atoms with Crippen molar-refractivity contribution in [3.05, 3.63) is 17.1 Å². The minimum absolute atomic E-state index is 0.0706. The van der Waals surface area contributed by atoms with Crippen LogP contribution in [0.3, 0.4) is 0 Å². The minimum atomic E-state index is -3.62. The summed E-state index contributed by atoms with van der Waals surface area (Å²) in [4.78, 5) is 0. The van der Waals surface area contributed by atoms with E-state index in [4.69, 9.17) is 14.2 Å². The Morgan fingerprint density at radius 2 is 1.83 bits per heavy atom. The van der Waals surface area contributed by atoms with Gasteiger partial charge in [0.25, 0.3) is 0 Å². The van der Waals surface area contributed by atoms with Crippen LogP contribution in [0.5, 0.6) is 0 Å². The molecule has 0 saturated heterocycles. The Balaban J connectivity index is 5.42. The zero-order chi connectivity index (χ0) is 14.2. The molecule has 18 heavy (non-hydrogen) atoms. The molecule has 0 amide bonds. The fourth-order valence-corrected chi connectivity index (χ4v) is 2.90. The van der Waals surface area contributed by atoms with Crippen molar-refractivity contribution in [2.45, 2.75) is 33.0 Å². The summed E-state index contributed by atoms with van der Waals surface area (Å²) >= 11 is 0. The van der Waals surface area contributed by atoms with Gasteiger partial charge in [0.2, 0.25) is 0 Å². The van der Waals surface area contributed by atoms with Crippen LogP contribution in [-0.4, -0.2) is 47.3 Å². The molecule has 2 atom stereocenters. The van der Waals surface area contributed by atoms with Gasteiger partial charge in [-0.25, -0.2) is 0 Å². The zero-order valence-electron chi connectivity index (χ0n) is 10.9. The predicted molar refractivity (Wildman–Crippen MR) is 67.2 cm³/mol. The molecule has 0 aromatic heterocycles. The van der Waals surface area contributed by atoms with Crippen molar-refractivity contribution in [1.82, 2.24) is 0 Å². The summed E-state index contributed by atoms with van der Waals surface area (Å²) in [6, 6.07) is 0. The maximum absolute atomic E-state index is 12.4. The summed E-state index contributed by atoms with van der Waals surface area (Å²) in [5.41, 5.74) is 2.50. The Labute approximate surface area is 107 Å². The van der Waals surface area contributed by atoms with E-state index >= 15 is 0 Å². The van der Waals surface area contributed by atoms with E-state index in [1.54, 1.807) is 13.8 Å². The molecular weight excluding hydrogens is 259 g/mol. The molecule has 6 nitrogen and oxygen atoms in total. The highest BCUT2D eigenvalue weighted by Crippen LogP contribution is 2.56. The first-order valence-corrected chi connectivity index (χ1v) is 7.28. The summed E-state index contributed by atoms with van der Waals surface area (Å²) in [5, 5.41) is 27.4. The predicted octanol–water partition coefficient (Wildman–Crippen LogP) is 1.03. The molecule has 3 N–H and O–H groups in total. The first-order chi connectivity index (χ1) is 8.41. The van der Waals surface area contributed by atoms with E-state index in [0.29, 0.717) is 0 Å². The minimum Gasteiger partial charge on any atom is -0.393 e. The van der Waals surface area contributed by atoms with Crippen molar-refractivity contribution in [1.29, 1.82) is 0 Å². The molecule has 0 aromatic rings. The van der Waals surface area contributed by atoms with Crippen LogP contribution in [0.2, 0.25) is 0 Å². The van der Waals surface area contributed by atoms with E-state index in [1.807, 2.05) is 0 Å². The number of hydrogen-bond donors (Lipinski definition) is 3. The third-order valence-electron chi connectivity index (χ3n) is 1.90. The Morgan fingerprint density at radius 3 is 2.17 bits per heavy atom. The van der Waals surface area contributed by atoms with E-state index in [9.17, 15) is 14.8 Å². The molecule has 106 valence electrons. The van der Waals surface area contributed by atoms with Crippen molar-refractivity contribution in [2.24, 2.45) is 0 Å². The maximum Gasteiger partial charge on any atom is 0.367 e. The van der Waals surface area contributed by atoms with Crippen molar-refractivity contribution >= 4 is 7.60 Å². The highest BCUT2D eigenvalue weighted by Gasteiger charge is 2.32. The van der Waals surface area contributed by atoms with Crippen LogP contribution in [0.4, 0.5) is 0 Å². The molecule has 0 aliphatic heterocycles. The summed E-state index contributed by atoms with van der Waals surface area (Å²) < 4.78 is 22.5. The van der Waals surface area contributed by atoms with Gasteiger partial charge in [0, 0.05) is 0 Å². The molecule has 0 radical (unpaired) electrons. The average Bonchev–Trinajstić information content (AvgIpc) is 2.28. The first-order valence-electron chi connectivity index (χ1n) is 5.74. The van der Waals surface area contributed by atoms with Crippen LogP contribution in [-0.2, 0) is 13.6 Å². The number of rotatable bonds is 8. The van der Waals surface area contributed by atoms with Crippen molar-refractivity contribution < 1.29 is 28.9 Å². The lowest BCUT2D eigenvalue weighted by Gasteiger charge is -2.20. The van der Waals surface area contributed by atoms with Crippen LogP contribution >= 0.6 is 7.60 Å². The Kier molecular flexibility index (Phi) is 8.40. The number of aliphatic hydroxyl groups excluding tert-OH is 3. The van der Waals surface area contributed by atoms with Gasteiger partial charge in [-0.2, -0.15) is 0 Å². The maximum atomic E-state index is 12.4. The topological polar surface area (TPSA) is 96.2 Å². The fourth-order valence-electron chi connectivity index (χ4n) is 1.18. The molecule has 0 aliphatic rings. The van der Waals surface area contributed by atoms with Crippen LogP contribution in [0, 0.1) is 0 Å². The Hall–Kier alpha value is -0.450. The highest BCUT2D eigenvalue weighted by atomic mass is 31.2. The van der Waals surface area contributed by atoms with Gasteiger partial charge in [0.05, 0.1) is 25.9 Å². The average molecular weight is 280 g/mol. The zero-order valence-corrected chi connectivity index (χ0v) is 11.8. The molecule has 0 rings (SSSR count). The second-order valence-corrected chi connectivity index (χ2v) is 5.45. The lowest BCUT2D eigenvalue weighted by atomic mass is 10.3. The van der Waals surface area contributed by atoms with E-state index in [0.717, 1.165) is 6.08 Å². The molecule has 0 saturated carbocycles. The Morgan fingerprint density at radius 1 is 1.33 bits per heavy atom. The van der Waals surface area contributed by atoms with Crippen molar-refractivity contribution in [3.63, 3.8) is 0 Å². The van der Waals surface area contributed by atoms with Gasteiger partial charge >= 0.3 is 7.60 Å². The van der Waals surface area contributed by atoms with Gasteiger partial charge in [-0.1, -0.05) is 0 Å². The van der Waals surface area contributed by atoms with Crippen LogP contribution in [0.15, 0.2) is 17.1 Å². The standard InChI is InChI=1S/C11H21O6P/c1-4-16-18(15,17-5-2)11(9(3)13)7-6-10(14)8-12/h6,9-10,12-14H,4-5,8H2,1-3H3. The SMILES string of the molecule is CCOP(=O)(OCC)C(=C=CC(O)CO)C(C)O. The molecule has 2 unspecified atom stereocenters. The summed E-state index contributed by atoms with van der Waals surface area (Å²) in [6.45, 7) is 4.50. The second kappa shape index (κ2) is 8.62. The summed E-state index contributed by atoms with van der Waals surface area (Å²) in [6.07, 6.45) is -1.14. The third-order valence-corrected chi connectivity index (χ3v) is 4.19. The monoisotopic (exact) mass is 280 g/mol. The highest BCUT2D eigenvalue weighted by molar-refractivity contribution is 7.58. The van der Waals surface area contributed by atoms with Gasteiger partial charge in [-0.15, -0.1) is 5.73 Å². The van der Waals surface area contributed by atoms with Crippen molar-refractivity contribution in [2.75, 3.05) is 19.8 Å². The number of aliphatic hydroxyl groups is 3. The molecule has 0 heterocycles. The quantitative estimate of drug-likeness (QED) is 0.454. The lowest BCUT2D eigenvalue weighted by molar-refractivity contribution is 0.131. The normalized spacial score (nSPS) is 14.8. The van der Waals surface area contributed by atoms with E-state index < -0.39 is 26.4 Å². The lowest BCUT2D eigenvalue weighted by Crippen LogP contribution is -2.10. The summed E-state index contributed by atoms with van der Waals surface area (Å²) in [5.74, 6) is 0. The van der Waals surface area contributed by atoms with Crippen LogP contribution in [0.25, 0.3) is 0 Å². The summed E-state index contributed by atoms with van der Waals surface area (Å²) in [7, 11) is -3.62. The van der Waals surface area contributed by atoms with E-state index in [-0.39, 0.29) is 18.5 Å². The second-order valence-electron chi connectivity index (χ2n) is 3.46. The van der Waals surface area contributed by atoms with Crippen LogP contribution in [0.1, 0.15) is 20.8 Å². The van der Waals surface area contributed by atoms with Crippen molar-refractivity contribution in [3.8, 4) is 0 Å².